The molecule has 0 spiro atoms. The summed E-state index contributed by atoms with van der Waals surface area (Å²) in [6.45, 7) is 0.516. The first-order chi connectivity index (χ1) is 13.6. The molecule has 0 aliphatic carbocycles. The number of nitrogens with zero attached hydrogens (tertiary/aromatic N) is 3. The zero-order valence-electron chi connectivity index (χ0n) is 14.8. The van der Waals surface area contributed by atoms with Gasteiger partial charge in [-0.25, -0.2) is 31.3 Å². The van der Waals surface area contributed by atoms with E-state index >= 15 is 0 Å². The number of nitrogens with one attached hydrogen (secondary N) is 3. The molecule has 1 aromatic rings. The third-order valence-electron chi connectivity index (χ3n) is 4.03. The van der Waals surface area contributed by atoms with Gasteiger partial charge in [-0.3, -0.25) is 4.79 Å². The van der Waals surface area contributed by atoms with E-state index in [-0.39, 0.29) is 16.5 Å². The van der Waals surface area contributed by atoms with Crippen molar-refractivity contribution in [2.45, 2.75) is 11.8 Å². The van der Waals surface area contributed by atoms with Crippen LogP contribution in [0.5, 0.6) is 0 Å². The Hall–Kier alpha value is -3.53. The Morgan fingerprint density at radius 1 is 1.38 bits per heavy atom. The second-order valence-corrected chi connectivity index (χ2v) is 7.72. The Bertz CT molecular complexity index is 1110. The van der Waals surface area contributed by atoms with Gasteiger partial charge in [-0.05, 0) is 19.1 Å². The van der Waals surface area contributed by atoms with Gasteiger partial charge in [-0.2, -0.15) is 5.26 Å². The summed E-state index contributed by atoms with van der Waals surface area (Å²) >= 11 is 0. The number of hydrogen-bond donors (Lipinski definition) is 3. The molecule has 0 atom stereocenters. The number of anilines is 1. The maximum Gasteiger partial charge on any atom is 0.336 e. The summed E-state index contributed by atoms with van der Waals surface area (Å²) in [6.07, 6.45) is 1.37. The lowest BCUT2D eigenvalue weighted by Crippen LogP contribution is -2.50. The van der Waals surface area contributed by atoms with Crippen molar-refractivity contribution in [3.63, 3.8) is 0 Å². The van der Waals surface area contributed by atoms with E-state index in [2.05, 4.69) is 20.9 Å². The first-order valence-corrected chi connectivity index (χ1v) is 9.46. The highest BCUT2D eigenvalue weighted by atomic mass is 32.2. The van der Waals surface area contributed by atoms with Gasteiger partial charge >= 0.3 is 6.03 Å². The molecule has 0 fully saturated rings. The summed E-state index contributed by atoms with van der Waals surface area (Å²) in [7, 11) is -4.80. The fourth-order valence-electron chi connectivity index (χ4n) is 2.56. The molecule has 3 amide bonds. The standard InChI is InChI=1S/C16H13F2N6O4S/c1-8-12(22-9(4-19)5-20-8)6-21-13(25)7-24-16(26)23-11-3-2-10(17)14(18)15(11)29(24,27)28/h2-3,5,20H,6-7H2,1H3,(H,21,25)(H,23,26). The van der Waals surface area contributed by atoms with Gasteiger partial charge in [0.15, 0.2) is 17.3 Å². The molecule has 0 unspecified atom stereocenters. The zero-order valence-corrected chi connectivity index (χ0v) is 15.6. The molecule has 3 rings (SSSR count). The molecule has 151 valence electrons. The van der Waals surface area contributed by atoms with Crippen LogP contribution in [0.15, 0.2) is 33.9 Å². The van der Waals surface area contributed by atoms with Gasteiger partial charge in [0.2, 0.25) is 5.91 Å². The monoisotopic (exact) mass is 423 g/mol. The van der Waals surface area contributed by atoms with Gasteiger partial charge in [-0.1, -0.05) is 0 Å². The Kier molecular flexibility index (Phi) is 5.21. The zero-order chi connectivity index (χ0) is 21.3. The van der Waals surface area contributed by atoms with Crippen LogP contribution in [-0.2, 0) is 14.8 Å². The van der Waals surface area contributed by atoms with E-state index < -0.39 is 50.7 Å². The van der Waals surface area contributed by atoms with E-state index in [1.54, 1.807) is 6.92 Å². The lowest BCUT2D eigenvalue weighted by molar-refractivity contribution is -0.120. The first-order valence-electron chi connectivity index (χ1n) is 8.02. The molecule has 1 radical (unpaired) electrons. The SMILES string of the molecule is C[C]1NC=C(C#N)N=C1CNC(=O)CN1C(=O)Nc2ccc(F)c(F)c2S1(=O)=O. The average Bonchev–Trinajstić information content (AvgIpc) is 2.67. The molecule has 2 heterocycles. The minimum Gasteiger partial charge on any atom is -0.376 e. The number of allylic oxidation sites excluding steroid dienone is 1. The summed E-state index contributed by atoms with van der Waals surface area (Å²) in [4.78, 5) is 27.2. The third-order valence-corrected chi connectivity index (χ3v) is 5.82. The van der Waals surface area contributed by atoms with Gasteiger partial charge < -0.3 is 16.0 Å². The van der Waals surface area contributed by atoms with Crippen LogP contribution < -0.4 is 16.0 Å². The molecular weight excluding hydrogens is 410 g/mol. The normalized spacial score (nSPS) is 17.9. The van der Waals surface area contributed by atoms with Crippen LogP contribution in [0.25, 0.3) is 0 Å². The van der Waals surface area contributed by atoms with Crippen molar-refractivity contribution in [3.05, 3.63) is 41.7 Å². The minimum atomic E-state index is -4.80. The molecule has 0 bridgehead atoms. The Balaban J connectivity index is 1.76. The number of halogens is 2. The van der Waals surface area contributed by atoms with Crippen LogP contribution in [0.4, 0.5) is 19.3 Å². The highest BCUT2D eigenvalue weighted by molar-refractivity contribution is 7.90. The fourth-order valence-corrected chi connectivity index (χ4v) is 4.05. The maximum atomic E-state index is 14.0. The molecule has 10 nitrogen and oxygen atoms in total. The van der Waals surface area contributed by atoms with E-state index in [4.69, 9.17) is 5.26 Å². The molecule has 1 aromatic carbocycles. The summed E-state index contributed by atoms with van der Waals surface area (Å²) in [6, 6.07) is 2.77. The highest BCUT2D eigenvalue weighted by Crippen LogP contribution is 2.33. The number of rotatable bonds is 4. The summed E-state index contributed by atoms with van der Waals surface area (Å²) < 4.78 is 52.7. The summed E-state index contributed by atoms with van der Waals surface area (Å²) in [5.41, 5.74) is -0.0250. The van der Waals surface area contributed by atoms with Crippen molar-refractivity contribution in [1.29, 1.82) is 5.26 Å². The van der Waals surface area contributed by atoms with Crippen LogP contribution in [0.2, 0.25) is 0 Å². The van der Waals surface area contributed by atoms with Crippen LogP contribution in [0.1, 0.15) is 6.92 Å². The second-order valence-electron chi connectivity index (χ2n) is 5.93. The van der Waals surface area contributed by atoms with E-state index in [1.807, 2.05) is 6.07 Å². The number of carbonyl (C=O) groups is 2. The number of nitriles is 1. The predicted molar refractivity (Wildman–Crippen MR) is 95.5 cm³/mol. The molecule has 0 saturated carbocycles. The van der Waals surface area contributed by atoms with Crippen LogP contribution in [0, 0.1) is 29.0 Å². The van der Waals surface area contributed by atoms with Crippen molar-refractivity contribution in [2.24, 2.45) is 4.99 Å². The van der Waals surface area contributed by atoms with Crippen molar-refractivity contribution in [1.82, 2.24) is 14.9 Å². The second kappa shape index (κ2) is 7.47. The predicted octanol–water partition coefficient (Wildman–Crippen LogP) is 0.578. The highest BCUT2D eigenvalue weighted by Gasteiger charge is 2.41. The number of carbonyl (C=O) groups excluding carboxylic acids is 2. The van der Waals surface area contributed by atoms with Crippen LogP contribution in [0.3, 0.4) is 0 Å². The quantitative estimate of drug-likeness (QED) is 0.646. The number of hydrogen-bond acceptors (Lipinski definition) is 7. The van der Waals surface area contributed by atoms with E-state index in [0.717, 1.165) is 6.07 Å². The molecular formula is C16H13F2N6O4S. The number of fused-ring (bicyclic) bond motifs is 1. The molecule has 13 heteroatoms. The van der Waals surface area contributed by atoms with E-state index in [1.165, 1.54) is 6.20 Å². The first kappa shape index (κ1) is 20.2. The lowest BCUT2D eigenvalue weighted by atomic mass is 10.1. The topological polar surface area (TPSA) is 144 Å². The Morgan fingerprint density at radius 3 is 2.79 bits per heavy atom. The van der Waals surface area contributed by atoms with Crippen molar-refractivity contribution in [2.75, 3.05) is 18.4 Å². The van der Waals surface area contributed by atoms with Crippen molar-refractivity contribution >= 4 is 33.4 Å². The fraction of sp³-hybridized carbons (Fsp3) is 0.188. The molecule has 29 heavy (non-hydrogen) atoms. The van der Waals surface area contributed by atoms with Crippen molar-refractivity contribution in [3.8, 4) is 6.07 Å². The maximum absolute atomic E-state index is 14.0. The number of amides is 3. The average molecular weight is 423 g/mol. The third kappa shape index (κ3) is 3.74. The van der Waals surface area contributed by atoms with Gasteiger partial charge in [0.1, 0.15) is 23.6 Å². The van der Waals surface area contributed by atoms with E-state index in [9.17, 15) is 26.8 Å². The van der Waals surface area contributed by atoms with Gasteiger partial charge in [0.25, 0.3) is 10.0 Å². The smallest absolute Gasteiger partial charge is 0.336 e. The summed E-state index contributed by atoms with van der Waals surface area (Å²) in [5, 5.41) is 16.1. The Labute approximate surface area is 163 Å². The van der Waals surface area contributed by atoms with Crippen molar-refractivity contribution < 1.29 is 26.8 Å². The van der Waals surface area contributed by atoms with Gasteiger partial charge in [0.05, 0.1) is 17.9 Å². The summed E-state index contributed by atoms with van der Waals surface area (Å²) in [5.74, 6) is -3.97. The van der Waals surface area contributed by atoms with E-state index in [0.29, 0.717) is 17.8 Å². The van der Waals surface area contributed by atoms with Gasteiger partial charge in [0, 0.05) is 6.20 Å². The number of aliphatic imine (C=N–C) groups is 1. The molecule has 2 aliphatic heterocycles. The van der Waals surface area contributed by atoms with Crippen LogP contribution in [-0.4, -0.2) is 43.5 Å². The minimum absolute atomic E-state index is 0.0759. The Morgan fingerprint density at radius 2 is 2.10 bits per heavy atom. The molecule has 3 N–H and O–H groups in total. The number of urea groups is 1. The molecule has 0 saturated heterocycles. The number of benzene rings is 1. The largest absolute Gasteiger partial charge is 0.376 e. The van der Waals surface area contributed by atoms with Gasteiger partial charge in [-0.15, -0.1) is 0 Å². The lowest BCUT2D eigenvalue weighted by Gasteiger charge is -2.28. The van der Waals surface area contributed by atoms with Crippen LogP contribution >= 0.6 is 0 Å². The number of sulfonamides is 1. The molecule has 0 aromatic heterocycles. The molecule has 2 aliphatic rings.